The second kappa shape index (κ2) is 8.26. The van der Waals surface area contributed by atoms with Crippen LogP contribution in [0.4, 0.5) is 23.7 Å². The third-order valence-electron chi connectivity index (χ3n) is 8.13. The van der Waals surface area contributed by atoms with Gasteiger partial charge in [0.25, 0.3) is 0 Å². The summed E-state index contributed by atoms with van der Waals surface area (Å²) in [6, 6.07) is 11.4. The van der Waals surface area contributed by atoms with E-state index in [0.717, 1.165) is 51.1 Å². The molecular weight excluding hydrogens is 441 g/mol. The fourth-order valence-electron chi connectivity index (χ4n) is 5.81. The summed E-state index contributed by atoms with van der Waals surface area (Å²) in [6.45, 7) is 2.83. The van der Waals surface area contributed by atoms with Gasteiger partial charge in [0.05, 0.1) is 24.0 Å². The fraction of sp³-hybridized carbons (Fsp3) is 0.538. The summed E-state index contributed by atoms with van der Waals surface area (Å²) in [5, 5.41) is 3.56. The van der Waals surface area contributed by atoms with Crippen molar-refractivity contribution in [3.05, 3.63) is 59.4 Å². The number of pyridine rings is 1. The van der Waals surface area contributed by atoms with Gasteiger partial charge in [-0.3, -0.25) is 4.90 Å². The lowest BCUT2D eigenvalue weighted by Gasteiger charge is -2.48. The van der Waals surface area contributed by atoms with Crippen molar-refractivity contribution in [3.8, 4) is 0 Å². The molecule has 1 aromatic carbocycles. The van der Waals surface area contributed by atoms with E-state index in [1.807, 2.05) is 18.0 Å². The van der Waals surface area contributed by atoms with Crippen LogP contribution in [0.25, 0.3) is 0 Å². The van der Waals surface area contributed by atoms with Crippen molar-refractivity contribution in [2.45, 2.75) is 62.7 Å². The lowest BCUT2D eigenvalue weighted by atomic mass is 9.69. The highest BCUT2D eigenvalue weighted by molar-refractivity contribution is 5.96. The van der Waals surface area contributed by atoms with Crippen molar-refractivity contribution in [1.82, 2.24) is 15.2 Å². The smallest absolute Gasteiger partial charge is 0.317 e. The van der Waals surface area contributed by atoms with Gasteiger partial charge in [-0.1, -0.05) is 30.3 Å². The number of nitrogens with zero attached hydrogens (tertiary/aromatic N) is 3. The summed E-state index contributed by atoms with van der Waals surface area (Å²) in [7, 11) is 2.00. The molecule has 1 aliphatic heterocycles. The normalized spacial score (nSPS) is 27.6. The Hall–Kier alpha value is -2.61. The van der Waals surface area contributed by atoms with E-state index in [1.165, 1.54) is 11.8 Å². The van der Waals surface area contributed by atoms with Crippen molar-refractivity contribution in [1.29, 1.82) is 0 Å². The molecule has 1 spiro atoms. The first-order valence-electron chi connectivity index (χ1n) is 12.0. The Balaban J connectivity index is 1.44. The van der Waals surface area contributed by atoms with Gasteiger partial charge < -0.3 is 10.2 Å². The molecule has 2 aliphatic carbocycles. The number of urea groups is 1. The van der Waals surface area contributed by atoms with Crippen molar-refractivity contribution in [3.63, 3.8) is 0 Å². The van der Waals surface area contributed by atoms with E-state index in [1.54, 1.807) is 11.8 Å². The standard InChI is InChI=1S/C26H31F3N4O/c1-18-14-22(26(27,28)29)31-15-21(18)32-17-24(33(23(32)34)16-19-8-9-19)10-12-25(30-2,13-11-24)20-6-4-3-5-7-20/h3-7,14-15,19,30H,8-13,16-17H2,1-2H3/t24-,25+. The van der Waals surface area contributed by atoms with Crippen LogP contribution < -0.4 is 10.2 Å². The van der Waals surface area contributed by atoms with Gasteiger partial charge in [-0.25, -0.2) is 9.78 Å². The van der Waals surface area contributed by atoms with Crippen LogP contribution in [0.5, 0.6) is 0 Å². The van der Waals surface area contributed by atoms with Gasteiger partial charge in [0.2, 0.25) is 0 Å². The Labute approximate surface area is 198 Å². The minimum atomic E-state index is -4.51. The number of alkyl halides is 3. The quantitative estimate of drug-likeness (QED) is 0.626. The molecular formula is C26H31F3N4O. The average molecular weight is 473 g/mol. The Bertz CT molecular complexity index is 1060. The van der Waals surface area contributed by atoms with Gasteiger partial charge >= 0.3 is 12.2 Å². The first kappa shape index (κ1) is 23.1. The average Bonchev–Trinajstić information content (AvgIpc) is 3.61. The summed E-state index contributed by atoms with van der Waals surface area (Å²) in [5.41, 5.74) is 0.770. The Morgan fingerprint density at radius 2 is 1.79 bits per heavy atom. The van der Waals surface area contributed by atoms with E-state index in [0.29, 0.717) is 23.7 Å². The van der Waals surface area contributed by atoms with Crippen LogP contribution in [-0.2, 0) is 11.7 Å². The predicted octanol–water partition coefficient (Wildman–Crippen LogP) is 5.49. The van der Waals surface area contributed by atoms with Gasteiger partial charge in [0.1, 0.15) is 5.69 Å². The Kier molecular flexibility index (Phi) is 5.62. The third kappa shape index (κ3) is 3.96. The number of benzene rings is 1. The van der Waals surface area contributed by atoms with Crippen molar-refractivity contribution in [2.24, 2.45) is 5.92 Å². The zero-order valence-electron chi connectivity index (χ0n) is 19.7. The number of rotatable bonds is 5. The molecule has 0 radical (unpaired) electrons. The molecule has 0 atom stereocenters. The molecule has 0 unspecified atom stereocenters. The number of anilines is 1. The monoisotopic (exact) mass is 472 g/mol. The summed E-state index contributed by atoms with van der Waals surface area (Å²) in [5.74, 6) is 0.526. The number of nitrogens with one attached hydrogen (secondary N) is 1. The van der Waals surface area contributed by atoms with Gasteiger partial charge in [-0.15, -0.1) is 0 Å². The molecule has 3 fully saturated rings. The zero-order valence-corrected chi connectivity index (χ0v) is 19.7. The summed E-state index contributed by atoms with van der Waals surface area (Å²) < 4.78 is 39.4. The number of halogens is 3. The van der Waals surface area contributed by atoms with Gasteiger partial charge in [-0.05, 0) is 75.6 Å². The lowest BCUT2D eigenvalue weighted by molar-refractivity contribution is -0.141. The van der Waals surface area contributed by atoms with E-state index in [9.17, 15) is 18.0 Å². The topological polar surface area (TPSA) is 48.5 Å². The number of hydrogen-bond donors (Lipinski definition) is 1. The number of aromatic nitrogens is 1. The molecule has 2 heterocycles. The van der Waals surface area contributed by atoms with Gasteiger partial charge in [0, 0.05) is 12.1 Å². The number of aryl methyl sites for hydroxylation is 1. The highest BCUT2D eigenvalue weighted by Crippen LogP contribution is 2.49. The van der Waals surface area contributed by atoms with Crippen LogP contribution >= 0.6 is 0 Å². The molecule has 1 N–H and O–H groups in total. The highest BCUT2D eigenvalue weighted by atomic mass is 19.4. The van der Waals surface area contributed by atoms with E-state index >= 15 is 0 Å². The van der Waals surface area contributed by atoms with E-state index in [2.05, 4.69) is 34.6 Å². The van der Waals surface area contributed by atoms with Crippen LogP contribution in [-0.4, -0.2) is 41.6 Å². The van der Waals surface area contributed by atoms with Crippen LogP contribution in [0.15, 0.2) is 42.6 Å². The molecule has 2 aromatic rings. The fourth-order valence-corrected chi connectivity index (χ4v) is 5.81. The largest absolute Gasteiger partial charge is 0.433 e. The number of hydrogen-bond acceptors (Lipinski definition) is 3. The van der Waals surface area contributed by atoms with Crippen molar-refractivity contribution >= 4 is 11.7 Å². The molecule has 5 rings (SSSR count). The summed E-state index contributed by atoms with van der Waals surface area (Å²) >= 11 is 0. The van der Waals surface area contributed by atoms with E-state index in [-0.39, 0.29) is 17.1 Å². The molecule has 34 heavy (non-hydrogen) atoms. The molecule has 2 amide bonds. The molecule has 5 nitrogen and oxygen atoms in total. The molecule has 1 aromatic heterocycles. The van der Waals surface area contributed by atoms with Crippen LogP contribution in [0.2, 0.25) is 0 Å². The zero-order chi connectivity index (χ0) is 24.1. The minimum Gasteiger partial charge on any atom is -0.317 e. The Morgan fingerprint density at radius 1 is 1.12 bits per heavy atom. The maximum Gasteiger partial charge on any atom is 0.433 e. The van der Waals surface area contributed by atoms with Crippen molar-refractivity contribution < 1.29 is 18.0 Å². The van der Waals surface area contributed by atoms with E-state index in [4.69, 9.17) is 0 Å². The van der Waals surface area contributed by atoms with Crippen LogP contribution in [0, 0.1) is 12.8 Å². The maximum absolute atomic E-state index is 13.7. The summed E-state index contributed by atoms with van der Waals surface area (Å²) in [6.07, 6.45) is 2.43. The molecule has 2 saturated carbocycles. The molecule has 1 saturated heterocycles. The molecule has 182 valence electrons. The summed E-state index contributed by atoms with van der Waals surface area (Å²) in [4.78, 5) is 21.0. The Morgan fingerprint density at radius 3 is 2.35 bits per heavy atom. The lowest BCUT2D eigenvalue weighted by Crippen LogP contribution is -2.55. The van der Waals surface area contributed by atoms with E-state index < -0.39 is 11.9 Å². The third-order valence-corrected chi connectivity index (χ3v) is 8.13. The van der Waals surface area contributed by atoms with Crippen molar-refractivity contribution in [2.75, 3.05) is 25.0 Å². The number of amides is 2. The molecule has 0 bridgehead atoms. The number of carbonyl (C=O) groups is 1. The predicted molar refractivity (Wildman–Crippen MR) is 125 cm³/mol. The van der Waals surface area contributed by atoms with Gasteiger partial charge in [-0.2, -0.15) is 13.2 Å². The molecule has 3 aliphatic rings. The highest BCUT2D eigenvalue weighted by Gasteiger charge is 2.55. The molecule has 8 heteroatoms. The first-order valence-corrected chi connectivity index (χ1v) is 12.0. The van der Waals surface area contributed by atoms with Gasteiger partial charge in [0.15, 0.2) is 0 Å². The first-order chi connectivity index (χ1) is 16.2. The van der Waals surface area contributed by atoms with Crippen LogP contribution in [0.3, 0.4) is 0 Å². The minimum absolute atomic E-state index is 0.103. The maximum atomic E-state index is 13.7. The number of carbonyl (C=O) groups excluding carboxylic acids is 1. The van der Waals surface area contributed by atoms with Crippen LogP contribution in [0.1, 0.15) is 55.3 Å². The second-order valence-electron chi connectivity index (χ2n) is 10.2. The SMILES string of the molecule is CN[C@]1(c2ccccc2)CC[C@]2(CC1)CN(c1cnc(C(F)(F)F)cc1C)C(=O)N2CC1CC1. The second-order valence-corrected chi connectivity index (χ2v) is 10.2.